The highest BCUT2D eigenvalue weighted by atomic mass is 35.5. The second kappa shape index (κ2) is 11.8. The molecule has 3 aromatic rings. The number of fused-ring (bicyclic) bond motifs is 3. The lowest BCUT2D eigenvalue weighted by Gasteiger charge is -2.17. The molecule has 0 saturated heterocycles. The highest BCUT2D eigenvalue weighted by Gasteiger charge is 2.31. The van der Waals surface area contributed by atoms with Gasteiger partial charge >= 0.3 is 0 Å². The van der Waals surface area contributed by atoms with Crippen LogP contribution in [0.3, 0.4) is 0 Å². The molecular weight excluding hydrogens is 474 g/mol. The molecule has 0 bridgehead atoms. The molecule has 190 valence electrons. The molecule has 1 aliphatic heterocycles. The number of aromatic nitrogens is 3. The average molecular weight is 508 g/mol. The molecule has 2 heterocycles. The van der Waals surface area contributed by atoms with Gasteiger partial charge in [0.05, 0.1) is 18.5 Å². The Labute approximate surface area is 217 Å². The lowest BCUT2D eigenvalue weighted by Crippen LogP contribution is -2.18. The zero-order valence-corrected chi connectivity index (χ0v) is 22.0. The van der Waals surface area contributed by atoms with Gasteiger partial charge in [-0.15, -0.1) is 10.2 Å². The number of aliphatic imine (C=N–C) groups is 1. The standard InChI is InChI=1S/C28H34ClN5O2/c1-4-19(8-6-5-7-15-30)26(35)17-24-28-33-32-18(2)34(28)25-14-13-22(36-3)16-23(25)27(31-24)20-9-11-21(29)12-10-20/h9-14,16,19,24H,4-8,15,17,30H2,1-3H3. The Bertz CT molecular complexity index is 1240. The van der Waals surface area contributed by atoms with Crippen LogP contribution in [-0.4, -0.2) is 39.9 Å². The van der Waals surface area contributed by atoms with E-state index in [1.54, 1.807) is 7.11 Å². The summed E-state index contributed by atoms with van der Waals surface area (Å²) in [7, 11) is 1.65. The number of benzene rings is 2. The minimum Gasteiger partial charge on any atom is -0.497 e. The summed E-state index contributed by atoms with van der Waals surface area (Å²) < 4.78 is 7.55. The van der Waals surface area contributed by atoms with Gasteiger partial charge in [0.1, 0.15) is 23.4 Å². The minimum atomic E-state index is -0.458. The number of nitrogens with zero attached hydrogens (tertiary/aromatic N) is 4. The van der Waals surface area contributed by atoms with E-state index in [1.165, 1.54) is 0 Å². The quantitative estimate of drug-likeness (QED) is 0.339. The summed E-state index contributed by atoms with van der Waals surface area (Å²) in [6.07, 6.45) is 5.01. The summed E-state index contributed by atoms with van der Waals surface area (Å²) in [4.78, 5) is 18.7. The Morgan fingerprint density at radius 2 is 1.92 bits per heavy atom. The molecule has 0 amide bonds. The van der Waals surface area contributed by atoms with Crippen molar-refractivity contribution in [3.63, 3.8) is 0 Å². The Morgan fingerprint density at radius 1 is 1.14 bits per heavy atom. The minimum absolute atomic E-state index is 0.000136. The first-order valence-electron chi connectivity index (χ1n) is 12.6. The Kier molecular flexibility index (Phi) is 8.54. The molecule has 1 aromatic heterocycles. The number of aryl methyl sites for hydroxylation is 1. The third-order valence-electron chi connectivity index (χ3n) is 6.85. The van der Waals surface area contributed by atoms with E-state index >= 15 is 0 Å². The van der Waals surface area contributed by atoms with Gasteiger partial charge < -0.3 is 10.5 Å². The van der Waals surface area contributed by atoms with Gasteiger partial charge in [0, 0.05) is 28.5 Å². The fourth-order valence-electron chi connectivity index (χ4n) is 4.84. The number of carbonyl (C=O) groups excluding carboxylic acids is 1. The molecule has 0 spiro atoms. The van der Waals surface area contributed by atoms with Crippen molar-refractivity contribution >= 4 is 23.1 Å². The van der Waals surface area contributed by atoms with Gasteiger partial charge in [-0.2, -0.15) is 0 Å². The molecule has 36 heavy (non-hydrogen) atoms. The maximum atomic E-state index is 13.5. The number of Topliss-reactive ketones (excluding diaryl/α,β-unsaturated/α-hetero) is 1. The zero-order valence-electron chi connectivity index (χ0n) is 21.2. The van der Waals surface area contributed by atoms with E-state index in [9.17, 15) is 4.79 Å². The van der Waals surface area contributed by atoms with Crippen molar-refractivity contribution in [1.29, 1.82) is 0 Å². The van der Waals surface area contributed by atoms with E-state index in [4.69, 9.17) is 27.1 Å². The molecular formula is C28H34ClN5O2. The monoisotopic (exact) mass is 507 g/mol. The number of ether oxygens (including phenoxy) is 1. The summed E-state index contributed by atoms with van der Waals surface area (Å²) in [5.74, 6) is 2.36. The summed E-state index contributed by atoms with van der Waals surface area (Å²) >= 11 is 6.18. The van der Waals surface area contributed by atoms with Crippen LogP contribution in [0.2, 0.25) is 5.02 Å². The van der Waals surface area contributed by atoms with Crippen molar-refractivity contribution in [3.8, 4) is 11.4 Å². The second-order valence-corrected chi connectivity index (χ2v) is 9.67. The molecule has 8 heteroatoms. The number of hydrogen-bond donors (Lipinski definition) is 1. The third kappa shape index (κ3) is 5.52. The van der Waals surface area contributed by atoms with Gasteiger partial charge in [-0.1, -0.05) is 43.5 Å². The fraction of sp³-hybridized carbons (Fsp3) is 0.429. The van der Waals surface area contributed by atoms with Crippen LogP contribution in [0, 0.1) is 12.8 Å². The van der Waals surface area contributed by atoms with Crippen LogP contribution < -0.4 is 10.5 Å². The van der Waals surface area contributed by atoms with Crippen molar-refractivity contribution in [2.24, 2.45) is 16.6 Å². The molecule has 2 atom stereocenters. The van der Waals surface area contributed by atoms with Gasteiger partial charge in [0.25, 0.3) is 0 Å². The largest absolute Gasteiger partial charge is 0.497 e. The van der Waals surface area contributed by atoms with Crippen LogP contribution in [0.25, 0.3) is 5.69 Å². The van der Waals surface area contributed by atoms with Crippen molar-refractivity contribution in [3.05, 3.63) is 70.3 Å². The first-order valence-corrected chi connectivity index (χ1v) is 13.0. The molecule has 2 unspecified atom stereocenters. The SMILES string of the molecule is CCC(CCCCCN)C(=O)CC1N=C(c2ccc(Cl)cc2)c2cc(OC)ccc2-n2c(C)nnc21. The average Bonchev–Trinajstić information content (AvgIpc) is 3.21. The number of halogens is 1. The van der Waals surface area contributed by atoms with Gasteiger partial charge in [-0.25, -0.2) is 0 Å². The first kappa shape index (κ1) is 26.0. The topological polar surface area (TPSA) is 95.4 Å². The summed E-state index contributed by atoms with van der Waals surface area (Å²) in [5, 5.41) is 9.50. The molecule has 0 radical (unpaired) electrons. The van der Waals surface area contributed by atoms with E-state index in [2.05, 4.69) is 17.1 Å². The Morgan fingerprint density at radius 3 is 2.61 bits per heavy atom. The van der Waals surface area contributed by atoms with E-state index in [1.807, 2.05) is 54.0 Å². The number of hydrogen-bond acceptors (Lipinski definition) is 6. The zero-order chi connectivity index (χ0) is 25.7. The van der Waals surface area contributed by atoms with Crippen molar-refractivity contribution in [2.45, 2.75) is 58.4 Å². The Hall–Kier alpha value is -3.03. The van der Waals surface area contributed by atoms with Crippen molar-refractivity contribution in [1.82, 2.24) is 14.8 Å². The highest BCUT2D eigenvalue weighted by molar-refractivity contribution is 6.30. The smallest absolute Gasteiger partial charge is 0.162 e. The molecule has 2 N–H and O–H groups in total. The third-order valence-corrected chi connectivity index (χ3v) is 7.10. The van der Waals surface area contributed by atoms with Crippen LogP contribution in [0.4, 0.5) is 0 Å². The maximum Gasteiger partial charge on any atom is 0.162 e. The lowest BCUT2D eigenvalue weighted by molar-refractivity contribution is -0.123. The van der Waals surface area contributed by atoms with E-state index in [0.717, 1.165) is 66.2 Å². The van der Waals surface area contributed by atoms with E-state index in [0.29, 0.717) is 17.4 Å². The number of ketones is 1. The number of methoxy groups -OCH3 is 1. The maximum absolute atomic E-state index is 13.5. The lowest BCUT2D eigenvalue weighted by atomic mass is 9.90. The van der Waals surface area contributed by atoms with Crippen molar-refractivity contribution < 1.29 is 9.53 Å². The van der Waals surface area contributed by atoms with Crippen LogP contribution in [0.15, 0.2) is 47.5 Å². The van der Waals surface area contributed by atoms with Crippen LogP contribution >= 0.6 is 11.6 Å². The van der Waals surface area contributed by atoms with Crippen LogP contribution in [-0.2, 0) is 4.79 Å². The number of rotatable bonds is 11. The predicted octanol–water partition coefficient (Wildman–Crippen LogP) is 5.63. The molecule has 2 aromatic carbocycles. The molecule has 7 nitrogen and oxygen atoms in total. The van der Waals surface area contributed by atoms with Crippen LogP contribution in [0.5, 0.6) is 5.75 Å². The molecule has 0 fully saturated rings. The summed E-state index contributed by atoms with van der Waals surface area (Å²) in [6.45, 7) is 4.69. The number of carbonyl (C=O) groups is 1. The molecule has 1 aliphatic rings. The fourth-order valence-corrected chi connectivity index (χ4v) is 4.96. The van der Waals surface area contributed by atoms with Gasteiger partial charge in [-0.05, 0) is 63.1 Å². The van der Waals surface area contributed by atoms with Crippen LogP contribution in [0.1, 0.15) is 74.3 Å². The number of unbranched alkanes of at least 4 members (excludes halogenated alkanes) is 2. The summed E-state index contributed by atoms with van der Waals surface area (Å²) in [6, 6.07) is 13.0. The van der Waals surface area contributed by atoms with E-state index < -0.39 is 6.04 Å². The predicted molar refractivity (Wildman–Crippen MR) is 143 cm³/mol. The van der Waals surface area contributed by atoms with Gasteiger partial charge in [-0.3, -0.25) is 14.4 Å². The van der Waals surface area contributed by atoms with E-state index in [-0.39, 0.29) is 18.1 Å². The molecule has 0 aliphatic carbocycles. The highest BCUT2D eigenvalue weighted by Crippen LogP contribution is 2.35. The second-order valence-electron chi connectivity index (χ2n) is 9.24. The van der Waals surface area contributed by atoms with Crippen molar-refractivity contribution in [2.75, 3.05) is 13.7 Å². The molecule has 0 saturated carbocycles. The normalized spacial score (nSPS) is 15.5. The van der Waals surface area contributed by atoms with Gasteiger partial charge in [0.2, 0.25) is 0 Å². The Balaban J connectivity index is 1.77. The summed E-state index contributed by atoms with van der Waals surface area (Å²) in [5.41, 5.74) is 9.13. The van der Waals surface area contributed by atoms with Gasteiger partial charge in [0.15, 0.2) is 5.82 Å². The first-order chi connectivity index (χ1) is 17.5. The number of nitrogens with two attached hydrogens (primary N) is 1. The molecule has 4 rings (SSSR count).